The van der Waals surface area contributed by atoms with Gasteiger partial charge in [0.05, 0.1) is 5.52 Å². The van der Waals surface area contributed by atoms with E-state index in [2.05, 4.69) is 22.5 Å². The van der Waals surface area contributed by atoms with E-state index >= 15 is 0 Å². The van der Waals surface area contributed by atoms with E-state index in [4.69, 9.17) is 4.74 Å². The van der Waals surface area contributed by atoms with Gasteiger partial charge in [-0.3, -0.25) is 0 Å². The molecule has 1 aromatic carbocycles. The first-order valence-corrected chi connectivity index (χ1v) is 6.66. The molecule has 1 aromatic heterocycles. The van der Waals surface area contributed by atoms with Crippen LogP contribution in [0.15, 0.2) is 60.2 Å². The lowest BCUT2D eigenvalue weighted by Gasteiger charge is -2.32. The fraction of sp³-hybridized carbons (Fsp3) is 0.250. The molecule has 0 N–H and O–H groups in total. The van der Waals surface area contributed by atoms with Crippen LogP contribution in [0.3, 0.4) is 0 Å². The number of methoxy groups -OCH3 is 1. The molecule has 1 aliphatic carbocycles. The Morgan fingerprint density at radius 3 is 3.00 bits per heavy atom. The van der Waals surface area contributed by atoms with Crippen LogP contribution in [0.25, 0.3) is 11.0 Å². The fourth-order valence-corrected chi connectivity index (χ4v) is 2.58. The maximum Gasteiger partial charge on any atom is 0.186 e. The summed E-state index contributed by atoms with van der Waals surface area (Å²) < 4.78 is 7.66. The maximum atomic E-state index is 5.81. The van der Waals surface area contributed by atoms with Crippen LogP contribution in [0.5, 0.6) is 0 Å². The van der Waals surface area contributed by atoms with Crippen LogP contribution in [0, 0.1) is 0 Å². The van der Waals surface area contributed by atoms with Crippen LogP contribution in [-0.4, -0.2) is 22.1 Å². The molecule has 0 saturated carbocycles. The molecule has 0 amide bonds. The lowest BCUT2D eigenvalue weighted by Crippen LogP contribution is -2.36. The molecule has 1 heterocycles. The summed E-state index contributed by atoms with van der Waals surface area (Å²) in [4.78, 5) is 0. The minimum atomic E-state index is -0.611. The number of fused-ring (bicyclic) bond motifs is 1. The topological polar surface area (TPSA) is 39.9 Å². The lowest BCUT2D eigenvalue weighted by atomic mass is 9.96. The van der Waals surface area contributed by atoms with E-state index in [0.717, 1.165) is 17.5 Å². The van der Waals surface area contributed by atoms with E-state index in [0.29, 0.717) is 0 Å². The second kappa shape index (κ2) is 5.06. The molecule has 20 heavy (non-hydrogen) atoms. The van der Waals surface area contributed by atoms with Gasteiger partial charge in [-0.05, 0) is 30.7 Å². The first-order chi connectivity index (χ1) is 9.79. The van der Waals surface area contributed by atoms with E-state index in [1.165, 1.54) is 5.57 Å². The molecule has 2 aromatic rings. The van der Waals surface area contributed by atoms with Gasteiger partial charge in [0.15, 0.2) is 5.72 Å². The molecule has 0 radical (unpaired) electrons. The van der Waals surface area contributed by atoms with Gasteiger partial charge in [-0.15, -0.1) is 5.10 Å². The van der Waals surface area contributed by atoms with Crippen LogP contribution in [0.1, 0.15) is 13.3 Å². The zero-order valence-corrected chi connectivity index (χ0v) is 11.7. The summed E-state index contributed by atoms with van der Waals surface area (Å²) in [6.07, 6.45) is 11.0. The smallest absolute Gasteiger partial charge is 0.186 e. The summed E-state index contributed by atoms with van der Waals surface area (Å²) in [5.74, 6) is 0. The van der Waals surface area contributed by atoms with Gasteiger partial charge in [0.25, 0.3) is 0 Å². The first kappa shape index (κ1) is 12.8. The minimum Gasteiger partial charge on any atom is -0.353 e. The molecule has 1 unspecified atom stereocenters. The van der Waals surface area contributed by atoms with Crippen LogP contribution in [0.4, 0.5) is 0 Å². The average molecular weight is 267 g/mol. The summed E-state index contributed by atoms with van der Waals surface area (Å²) in [5.41, 5.74) is 2.44. The third-order valence-corrected chi connectivity index (χ3v) is 3.57. The second-order valence-corrected chi connectivity index (χ2v) is 4.82. The van der Waals surface area contributed by atoms with Crippen LogP contribution in [-0.2, 0) is 10.5 Å². The Hall–Kier alpha value is -2.20. The fourth-order valence-electron chi connectivity index (χ4n) is 2.58. The Bertz CT molecular complexity index is 711. The molecule has 1 atom stereocenters. The van der Waals surface area contributed by atoms with Crippen molar-refractivity contribution < 1.29 is 4.74 Å². The Morgan fingerprint density at radius 2 is 2.20 bits per heavy atom. The van der Waals surface area contributed by atoms with Crippen molar-refractivity contribution in [2.24, 2.45) is 0 Å². The van der Waals surface area contributed by atoms with Crippen molar-refractivity contribution in [1.82, 2.24) is 15.0 Å². The average Bonchev–Trinajstić information content (AvgIpc) is 2.92. The Morgan fingerprint density at radius 1 is 1.35 bits per heavy atom. The first-order valence-electron chi connectivity index (χ1n) is 6.66. The van der Waals surface area contributed by atoms with Gasteiger partial charge in [-0.25, -0.2) is 4.68 Å². The normalized spacial score (nSPS) is 22.6. The number of nitrogens with zero attached hydrogens (tertiary/aromatic N) is 3. The number of aromatic nitrogens is 3. The van der Waals surface area contributed by atoms with Gasteiger partial charge < -0.3 is 4.74 Å². The highest BCUT2D eigenvalue weighted by Gasteiger charge is 2.34. The number of ether oxygens (including phenoxy) is 1. The van der Waals surface area contributed by atoms with Crippen molar-refractivity contribution in [3.8, 4) is 0 Å². The standard InChI is InChI=1S/C16H17N3O/c1-3-7-13-8-6-11-16(12-13,20-2)19-15-10-5-4-9-14(15)17-18-19/h3-11H,12H2,1-2H3. The maximum absolute atomic E-state index is 5.81. The monoisotopic (exact) mass is 267 g/mol. The Kier molecular flexibility index (Phi) is 3.24. The number of rotatable bonds is 3. The third kappa shape index (κ3) is 1.98. The highest BCUT2D eigenvalue weighted by atomic mass is 16.5. The Balaban J connectivity index is 2.10. The van der Waals surface area contributed by atoms with E-state index in [9.17, 15) is 0 Å². The molecule has 0 spiro atoms. The molecule has 102 valence electrons. The summed E-state index contributed by atoms with van der Waals surface area (Å²) in [5, 5.41) is 8.52. The molecular formula is C16H17N3O. The predicted octanol–water partition coefficient (Wildman–Crippen LogP) is 3.19. The van der Waals surface area contributed by atoms with Crippen molar-refractivity contribution in [2.45, 2.75) is 19.1 Å². The highest BCUT2D eigenvalue weighted by Crippen LogP contribution is 2.33. The quantitative estimate of drug-likeness (QED) is 0.857. The van der Waals surface area contributed by atoms with Crippen LogP contribution in [0.2, 0.25) is 0 Å². The molecule has 0 bridgehead atoms. The molecular weight excluding hydrogens is 250 g/mol. The van der Waals surface area contributed by atoms with Crippen molar-refractivity contribution >= 4 is 11.0 Å². The lowest BCUT2D eigenvalue weighted by molar-refractivity contribution is -0.0419. The molecule has 3 rings (SSSR count). The molecule has 4 nitrogen and oxygen atoms in total. The summed E-state index contributed by atoms with van der Waals surface area (Å²) in [6.45, 7) is 2.01. The van der Waals surface area contributed by atoms with Gasteiger partial charge in [-0.2, -0.15) is 0 Å². The zero-order chi connectivity index (χ0) is 14.0. The highest BCUT2D eigenvalue weighted by molar-refractivity contribution is 5.74. The van der Waals surface area contributed by atoms with Gasteiger partial charge in [-0.1, -0.05) is 41.7 Å². The molecule has 1 aliphatic rings. The number of benzene rings is 1. The summed E-state index contributed by atoms with van der Waals surface area (Å²) in [6, 6.07) is 7.92. The van der Waals surface area contributed by atoms with Crippen molar-refractivity contribution in [2.75, 3.05) is 7.11 Å². The number of hydrogen-bond acceptors (Lipinski definition) is 3. The van der Waals surface area contributed by atoms with Gasteiger partial charge in [0.2, 0.25) is 0 Å². The number of allylic oxidation sites excluding steroid dienone is 4. The summed E-state index contributed by atoms with van der Waals surface area (Å²) >= 11 is 0. The second-order valence-electron chi connectivity index (χ2n) is 4.82. The number of para-hydroxylation sites is 1. The number of hydrogen-bond donors (Lipinski definition) is 0. The molecule has 4 heteroatoms. The largest absolute Gasteiger partial charge is 0.353 e. The molecule has 0 fully saturated rings. The minimum absolute atomic E-state index is 0.611. The molecule has 0 aliphatic heterocycles. The van der Waals surface area contributed by atoms with Gasteiger partial charge >= 0.3 is 0 Å². The van der Waals surface area contributed by atoms with Gasteiger partial charge in [0, 0.05) is 13.5 Å². The van der Waals surface area contributed by atoms with E-state index in [1.807, 2.05) is 54.1 Å². The third-order valence-electron chi connectivity index (χ3n) is 3.57. The van der Waals surface area contributed by atoms with Crippen molar-refractivity contribution in [1.29, 1.82) is 0 Å². The van der Waals surface area contributed by atoms with E-state index in [1.54, 1.807) is 7.11 Å². The van der Waals surface area contributed by atoms with Crippen LogP contribution >= 0.6 is 0 Å². The van der Waals surface area contributed by atoms with Crippen molar-refractivity contribution in [3.63, 3.8) is 0 Å². The molecule has 0 saturated heterocycles. The summed E-state index contributed by atoms with van der Waals surface area (Å²) in [7, 11) is 1.71. The van der Waals surface area contributed by atoms with Gasteiger partial charge in [0.1, 0.15) is 5.52 Å². The zero-order valence-electron chi connectivity index (χ0n) is 11.7. The Labute approximate surface area is 118 Å². The van der Waals surface area contributed by atoms with Crippen molar-refractivity contribution in [3.05, 3.63) is 60.2 Å². The van der Waals surface area contributed by atoms with E-state index in [-0.39, 0.29) is 0 Å². The van der Waals surface area contributed by atoms with E-state index < -0.39 is 5.72 Å². The van der Waals surface area contributed by atoms with Crippen LogP contribution < -0.4 is 0 Å². The predicted molar refractivity (Wildman–Crippen MR) is 79.2 cm³/mol. The SMILES string of the molecule is CC=CC1=CC=CC(OC)(n2nnc3ccccc32)C1.